The number of benzene rings is 1. The number of methoxy groups -OCH3 is 1. The fourth-order valence-electron chi connectivity index (χ4n) is 3.17. The lowest BCUT2D eigenvalue weighted by Gasteiger charge is -2.24. The molecule has 2 rings (SSSR count). The standard InChI is InChI=1S/C19H32N4O.HI/c1-4-20-19(22-16(2)15-24-3)21-13-18-11-8-12-23(18)14-17-9-6-5-7-10-17;/h5-7,9-10,16,18H,4,8,11-15H2,1-3H3,(H2,20,21,22);1H. The van der Waals surface area contributed by atoms with Gasteiger partial charge >= 0.3 is 0 Å². The van der Waals surface area contributed by atoms with Gasteiger partial charge < -0.3 is 15.4 Å². The molecule has 1 aromatic carbocycles. The lowest BCUT2D eigenvalue weighted by Crippen LogP contribution is -2.44. The van der Waals surface area contributed by atoms with Gasteiger partial charge in [0, 0.05) is 32.3 Å². The van der Waals surface area contributed by atoms with E-state index in [0.29, 0.717) is 12.6 Å². The van der Waals surface area contributed by atoms with Crippen LogP contribution in [0, 0.1) is 0 Å². The number of guanidine groups is 1. The molecule has 1 aliphatic rings. The molecule has 142 valence electrons. The molecule has 1 aliphatic heterocycles. The fraction of sp³-hybridized carbons (Fsp3) is 0.632. The van der Waals surface area contributed by atoms with E-state index in [4.69, 9.17) is 9.73 Å². The molecule has 6 heteroatoms. The molecule has 0 bridgehead atoms. The van der Waals surface area contributed by atoms with Gasteiger partial charge in [0.2, 0.25) is 0 Å². The third-order valence-corrected chi connectivity index (χ3v) is 4.33. The molecule has 0 radical (unpaired) electrons. The molecule has 0 saturated carbocycles. The van der Waals surface area contributed by atoms with Crippen LogP contribution in [-0.4, -0.2) is 56.3 Å². The van der Waals surface area contributed by atoms with Crippen molar-refractivity contribution in [2.75, 3.05) is 33.4 Å². The van der Waals surface area contributed by atoms with Crippen LogP contribution in [0.1, 0.15) is 32.3 Å². The van der Waals surface area contributed by atoms with Crippen molar-refractivity contribution in [2.45, 2.75) is 45.3 Å². The molecule has 2 unspecified atom stereocenters. The summed E-state index contributed by atoms with van der Waals surface area (Å²) in [5, 5.41) is 6.73. The summed E-state index contributed by atoms with van der Waals surface area (Å²) in [5.74, 6) is 0.883. The van der Waals surface area contributed by atoms with Crippen molar-refractivity contribution >= 4 is 29.9 Å². The van der Waals surface area contributed by atoms with Crippen molar-refractivity contribution in [3.8, 4) is 0 Å². The maximum Gasteiger partial charge on any atom is 0.191 e. The Kier molecular flexibility index (Phi) is 11.1. The molecule has 1 heterocycles. The van der Waals surface area contributed by atoms with Gasteiger partial charge in [0.15, 0.2) is 5.96 Å². The van der Waals surface area contributed by atoms with Crippen molar-refractivity contribution < 1.29 is 4.74 Å². The largest absolute Gasteiger partial charge is 0.383 e. The second kappa shape index (κ2) is 12.5. The van der Waals surface area contributed by atoms with Crippen molar-refractivity contribution in [3.63, 3.8) is 0 Å². The van der Waals surface area contributed by atoms with Crippen LogP contribution in [0.25, 0.3) is 0 Å². The molecule has 0 aliphatic carbocycles. The Bertz CT molecular complexity index is 497. The van der Waals surface area contributed by atoms with Gasteiger partial charge in [-0.1, -0.05) is 30.3 Å². The Hall–Kier alpha value is -0.860. The van der Waals surface area contributed by atoms with E-state index in [2.05, 4.69) is 59.7 Å². The summed E-state index contributed by atoms with van der Waals surface area (Å²) in [6.07, 6.45) is 2.49. The Morgan fingerprint density at radius 3 is 2.80 bits per heavy atom. The Morgan fingerprint density at radius 2 is 2.12 bits per heavy atom. The van der Waals surface area contributed by atoms with Crippen LogP contribution >= 0.6 is 24.0 Å². The van der Waals surface area contributed by atoms with Gasteiger partial charge in [-0.2, -0.15) is 0 Å². The Balaban J connectivity index is 0.00000312. The average Bonchev–Trinajstić information content (AvgIpc) is 3.01. The van der Waals surface area contributed by atoms with Crippen LogP contribution in [0.4, 0.5) is 0 Å². The highest BCUT2D eigenvalue weighted by Crippen LogP contribution is 2.20. The first-order valence-corrected chi connectivity index (χ1v) is 9.04. The lowest BCUT2D eigenvalue weighted by atomic mass is 10.2. The molecule has 0 amide bonds. The summed E-state index contributed by atoms with van der Waals surface area (Å²) in [4.78, 5) is 7.36. The van der Waals surface area contributed by atoms with Crippen molar-refractivity contribution in [1.29, 1.82) is 0 Å². The van der Waals surface area contributed by atoms with Gasteiger partial charge in [0.05, 0.1) is 13.2 Å². The maximum atomic E-state index is 5.19. The number of rotatable bonds is 8. The van der Waals surface area contributed by atoms with Gasteiger partial charge in [-0.15, -0.1) is 24.0 Å². The SMILES string of the molecule is CCNC(=NCC1CCCN1Cc1ccccc1)NC(C)COC.I. The molecular weight excluding hydrogens is 427 g/mol. The molecule has 1 saturated heterocycles. The van der Waals surface area contributed by atoms with E-state index in [1.807, 2.05) is 0 Å². The quantitative estimate of drug-likeness (QED) is 0.356. The first-order chi connectivity index (χ1) is 11.7. The number of nitrogens with zero attached hydrogens (tertiary/aromatic N) is 2. The van der Waals surface area contributed by atoms with Gasteiger partial charge in [-0.3, -0.25) is 9.89 Å². The minimum Gasteiger partial charge on any atom is -0.383 e. The summed E-state index contributed by atoms with van der Waals surface area (Å²) in [5.41, 5.74) is 1.38. The van der Waals surface area contributed by atoms with E-state index in [-0.39, 0.29) is 30.0 Å². The molecular formula is C19H33IN4O. The van der Waals surface area contributed by atoms with Crippen LogP contribution in [0.2, 0.25) is 0 Å². The zero-order valence-electron chi connectivity index (χ0n) is 15.7. The number of hydrogen-bond donors (Lipinski definition) is 2. The van der Waals surface area contributed by atoms with Gasteiger partial charge in [-0.25, -0.2) is 0 Å². The maximum absolute atomic E-state index is 5.19. The van der Waals surface area contributed by atoms with E-state index in [1.165, 1.54) is 24.9 Å². The molecule has 1 aromatic rings. The third-order valence-electron chi connectivity index (χ3n) is 4.33. The Morgan fingerprint density at radius 1 is 1.36 bits per heavy atom. The topological polar surface area (TPSA) is 48.9 Å². The number of aliphatic imine (C=N–C) groups is 1. The fourth-order valence-corrected chi connectivity index (χ4v) is 3.17. The molecule has 25 heavy (non-hydrogen) atoms. The molecule has 0 aromatic heterocycles. The van der Waals surface area contributed by atoms with Gasteiger partial charge in [-0.05, 0) is 38.8 Å². The predicted octanol–water partition coefficient (Wildman–Crippen LogP) is 2.86. The van der Waals surface area contributed by atoms with Crippen molar-refractivity contribution in [1.82, 2.24) is 15.5 Å². The molecule has 1 fully saturated rings. The molecule has 2 atom stereocenters. The number of hydrogen-bond acceptors (Lipinski definition) is 3. The average molecular weight is 460 g/mol. The van der Waals surface area contributed by atoms with Crippen molar-refractivity contribution in [2.24, 2.45) is 4.99 Å². The summed E-state index contributed by atoms with van der Waals surface area (Å²) >= 11 is 0. The monoisotopic (exact) mass is 460 g/mol. The second-order valence-electron chi connectivity index (χ2n) is 6.47. The summed E-state index contributed by atoms with van der Waals surface area (Å²) in [6, 6.07) is 11.5. The van der Waals surface area contributed by atoms with E-state index < -0.39 is 0 Å². The van der Waals surface area contributed by atoms with E-state index >= 15 is 0 Å². The van der Waals surface area contributed by atoms with Gasteiger partial charge in [0.1, 0.15) is 0 Å². The van der Waals surface area contributed by atoms with Crippen LogP contribution in [0.3, 0.4) is 0 Å². The first kappa shape index (κ1) is 22.2. The number of likely N-dealkylation sites (tertiary alicyclic amines) is 1. The zero-order chi connectivity index (χ0) is 17.2. The zero-order valence-corrected chi connectivity index (χ0v) is 18.0. The van der Waals surface area contributed by atoms with Gasteiger partial charge in [0.25, 0.3) is 0 Å². The predicted molar refractivity (Wildman–Crippen MR) is 116 cm³/mol. The highest BCUT2D eigenvalue weighted by atomic mass is 127. The van der Waals surface area contributed by atoms with Crippen LogP contribution in [-0.2, 0) is 11.3 Å². The minimum atomic E-state index is 0. The number of halogens is 1. The van der Waals surface area contributed by atoms with Crippen LogP contribution in [0.15, 0.2) is 35.3 Å². The van der Waals surface area contributed by atoms with Crippen molar-refractivity contribution in [3.05, 3.63) is 35.9 Å². The number of ether oxygens (including phenoxy) is 1. The molecule has 2 N–H and O–H groups in total. The third kappa shape index (κ3) is 7.92. The highest BCUT2D eigenvalue weighted by molar-refractivity contribution is 14.0. The first-order valence-electron chi connectivity index (χ1n) is 9.04. The van der Waals surface area contributed by atoms with Crippen LogP contribution in [0.5, 0.6) is 0 Å². The minimum absolute atomic E-state index is 0. The smallest absolute Gasteiger partial charge is 0.191 e. The van der Waals surface area contributed by atoms with E-state index in [1.54, 1.807) is 7.11 Å². The second-order valence-corrected chi connectivity index (χ2v) is 6.47. The van der Waals surface area contributed by atoms with E-state index in [0.717, 1.165) is 25.6 Å². The summed E-state index contributed by atoms with van der Waals surface area (Å²) in [7, 11) is 1.72. The lowest BCUT2D eigenvalue weighted by molar-refractivity contribution is 0.179. The summed E-state index contributed by atoms with van der Waals surface area (Å²) in [6.45, 7) is 8.76. The van der Waals surface area contributed by atoms with E-state index in [9.17, 15) is 0 Å². The summed E-state index contributed by atoms with van der Waals surface area (Å²) < 4.78 is 5.19. The number of nitrogens with one attached hydrogen (secondary N) is 2. The molecule has 0 spiro atoms. The normalized spacial score (nSPS) is 19.3. The highest BCUT2D eigenvalue weighted by Gasteiger charge is 2.24. The molecule has 5 nitrogen and oxygen atoms in total. The van der Waals surface area contributed by atoms with Crippen LogP contribution < -0.4 is 10.6 Å². The Labute approximate surface area is 169 Å².